The van der Waals surface area contributed by atoms with Crippen LogP contribution >= 0.6 is 23.1 Å². The van der Waals surface area contributed by atoms with Gasteiger partial charge in [-0.2, -0.15) is 5.01 Å². The minimum Gasteiger partial charge on any atom is -0.322 e. The van der Waals surface area contributed by atoms with Gasteiger partial charge in [-0.25, -0.2) is 9.78 Å². The maximum absolute atomic E-state index is 13.1. The molecule has 0 radical (unpaired) electrons. The SMILES string of the molecule is CCCCn1c(SCC(=O)NN2C(=O)N[C@@](C)(CC)C2=O)nc2sc(C)c(C)c2c1=O. The fourth-order valence-electron chi connectivity index (χ4n) is 3.24. The van der Waals surface area contributed by atoms with Gasteiger partial charge in [0.15, 0.2) is 5.16 Å². The molecule has 2 aromatic heterocycles. The number of urea groups is 1. The van der Waals surface area contributed by atoms with Gasteiger partial charge in [0.2, 0.25) is 5.91 Å². The summed E-state index contributed by atoms with van der Waals surface area (Å²) in [6, 6.07) is -0.656. The summed E-state index contributed by atoms with van der Waals surface area (Å²) in [5, 5.41) is 4.39. The maximum Gasteiger partial charge on any atom is 0.344 e. The lowest BCUT2D eigenvalue weighted by molar-refractivity contribution is -0.137. The Balaban J connectivity index is 1.80. The number of carbonyl (C=O) groups is 3. The van der Waals surface area contributed by atoms with E-state index in [0.717, 1.165) is 40.1 Å². The molecule has 1 saturated heterocycles. The van der Waals surface area contributed by atoms with E-state index < -0.39 is 23.4 Å². The van der Waals surface area contributed by atoms with Crippen LogP contribution in [0.5, 0.6) is 0 Å². The summed E-state index contributed by atoms with van der Waals surface area (Å²) in [5.41, 5.74) is 2.18. The Kier molecular flexibility index (Phi) is 6.75. The molecule has 0 aliphatic carbocycles. The topological polar surface area (TPSA) is 113 Å². The number of nitrogens with one attached hydrogen (secondary N) is 2. The lowest BCUT2D eigenvalue weighted by Crippen LogP contribution is -2.49. The maximum atomic E-state index is 13.1. The molecule has 3 heterocycles. The molecule has 0 aromatic carbocycles. The number of amides is 4. The van der Waals surface area contributed by atoms with Gasteiger partial charge in [-0.05, 0) is 39.2 Å². The molecule has 1 atom stereocenters. The quantitative estimate of drug-likeness (QED) is 0.352. The Hall–Kier alpha value is -2.40. The number of rotatable bonds is 8. The summed E-state index contributed by atoms with van der Waals surface area (Å²) in [4.78, 5) is 56.5. The largest absolute Gasteiger partial charge is 0.344 e. The van der Waals surface area contributed by atoms with Gasteiger partial charge in [0.25, 0.3) is 11.5 Å². The predicted molar refractivity (Wildman–Crippen MR) is 121 cm³/mol. The van der Waals surface area contributed by atoms with Gasteiger partial charge >= 0.3 is 6.03 Å². The van der Waals surface area contributed by atoms with E-state index >= 15 is 0 Å². The number of thiophene rings is 1. The van der Waals surface area contributed by atoms with Crippen molar-refractivity contribution in [1.82, 2.24) is 25.3 Å². The molecule has 1 fully saturated rings. The van der Waals surface area contributed by atoms with Gasteiger partial charge in [-0.1, -0.05) is 32.0 Å². The van der Waals surface area contributed by atoms with Gasteiger partial charge in [-0.15, -0.1) is 11.3 Å². The standard InChI is InChI=1S/C20H27N5O4S2/c1-6-8-9-24-16(27)14-11(3)12(4)31-15(14)21-19(24)30-10-13(26)23-25-17(28)20(5,7-2)22-18(25)29/h6-10H2,1-5H3,(H,22,29)(H,23,26)/t20-/m0/s1. The summed E-state index contributed by atoms with van der Waals surface area (Å²) in [7, 11) is 0. The normalized spacial score (nSPS) is 18.7. The third-order valence-corrected chi connectivity index (χ3v) is 7.60. The second-order valence-electron chi connectivity index (χ2n) is 7.75. The first-order valence-corrected chi connectivity index (χ1v) is 12.0. The van der Waals surface area contributed by atoms with E-state index in [1.165, 1.54) is 11.3 Å². The first-order valence-electron chi connectivity index (χ1n) is 10.2. The summed E-state index contributed by atoms with van der Waals surface area (Å²) in [5.74, 6) is -1.11. The zero-order valence-electron chi connectivity index (χ0n) is 18.3. The third-order valence-electron chi connectivity index (χ3n) is 5.53. The summed E-state index contributed by atoms with van der Waals surface area (Å²) >= 11 is 2.58. The molecule has 3 rings (SSSR count). The van der Waals surface area contributed by atoms with Crippen LogP contribution in [0.15, 0.2) is 9.95 Å². The van der Waals surface area contributed by atoms with E-state index in [4.69, 9.17) is 0 Å². The van der Waals surface area contributed by atoms with E-state index in [0.29, 0.717) is 28.3 Å². The van der Waals surface area contributed by atoms with Crippen LogP contribution in [0.3, 0.4) is 0 Å². The molecular formula is C20H27N5O4S2. The number of fused-ring (bicyclic) bond motifs is 1. The van der Waals surface area contributed by atoms with Crippen molar-refractivity contribution in [3.05, 3.63) is 20.8 Å². The Bertz CT molecular complexity index is 1110. The van der Waals surface area contributed by atoms with E-state index in [2.05, 4.69) is 15.7 Å². The van der Waals surface area contributed by atoms with Crippen LogP contribution in [-0.2, 0) is 16.1 Å². The Morgan fingerprint density at radius 1 is 1.26 bits per heavy atom. The lowest BCUT2D eigenvalue weighted by Gasteiger charge is -2.19. The average Bonchev–Trinajstić information content (AvgIpc) is 3.13. The molecule has 2 aromatic rings. The number of aromatic nitrogens is 2. The summed E-state index contributed by atoms with van der Waals surface area (Å²) in [6.07, 6.45) is 2.14. The van der Waals surface area contributed by atoms with Crippen molar-refractivity contribution < 1.29 is 14.4 Å². The number of imide groups is 1. The molecule has 1 aliphatic heterocycles. The number of hydrogen-bond donors (Lipinski definition) is 2. The van der Waals surface area contributed by atoms with Gasteiger partial charge in [0.05, 0.1) is 11.1 Å². The van der Waals surface area contributed by atoms with E-state index in [1.807, 2.05) is 20.8 Å². The molecule has 31 heavy (non-hydrogen) atoms. The predicted octanol–water partition coefficient (Wildman–Crippen LogP) is 2.72. The Labute approximate surface area is 188 Å². The summed E-state index contributed by atoms with van der Waals surface area (Å²) < 4.78 is 1.62. The molecule has 168 valence electrons. The molecular weight excluding hydrogens is 438 g/mol. The molecule has 4 amide bonds. The molecule has 11 heteroatoms. The molecule has 0 unspecified atom stereocenters. The fourth-order valence-corrected chi connectivity index (χ4v) is 5.13. The van der Waals surface area contributed by atoms with Crippen molar-refractivity contribution in [3.8, 4) is 0 Å². The minimum atomic E-state index is -1.03. The monoisotopic (exact) mass is 465 g/mol. The first kappa shape index (κ1) is 23.3. The molecule has 0 spiro atoms. The number of nitrogens with zero attached hydrogens (tertiary/aromatic N) is 3. The summed E-state index contributed by atoms with van der Waals surface area (Å²) in [6.45, 7) is 9.83. The molecule has 9 nitrogen and oxygen atoms in total. The van der Waals surface area contributed by atoms with Crippen molar-refractivity contribution >= 4 is 51.2 Å². The highest BCUT2D eigenvalue weighted by atomic mass is 32.2. The van der Waals surface area contributed by atoms with Crippen molar-refractivity contribution in [2.45, 2.75) is 71.1 Å². The minimum absolute atomic E-state index is 0.0900. The van der Waals surface area contributed by atoms with Crippen LogP contribution in [0.4, 0.5) is 4.79 Å². The number of unbranched alkanes of at least 4 members (excludes halogenated alkanes) is 1. The van der Waals surface area contributed by atoms with Crippen LogP contribution in [-0.4, -0.2) is 43.7 Å². The van der Waals surface area contributed by atoms with Crippen LogP contribution in [0.2, 0.25) is 0 Å². The van der Waals surface area contributed by atoms with Crippen LogP contribution in [0, 0.1) is 13.8 Å². The lowest BCUT2D eigenvalue weighted by atomic mass is 10.00. The van der Waals surface area contributed by atoms with Crippen molar-refractivity contribution in [2.75, 3.05) is 5.75 Å². The van der Waals surface area contributed by atoms with Gasteiger partial charge in [0, 0.05) is 11.4 Å². The van der Waals surface area contributed by atoms with Gasteiger partial charge in [0.1, 0.15) is 10.4 Å². The molecule has 1 aliphatic rings. The van der Waals surface area contributed by atoms with Crippen LogP contribution in [0.1, 0.15) is 50.5 Å². The first-order chi connectivity index (χ1) is 14.6. The smallest absolute Gasteiger partial charge is 0.322 e. The van der Waals surface area contributed by atoms with Crippen LogP contribution in [0.25, 0.3) is 10.2 Å². The highest BCUT2D eigenvalue weighted by Crippen LogP contribution is 2.28. The number of hydrazine groups is 1. The fraction of sp³-hybridized carbons (Fsp3) is 0.550. The number of hydrogen-bond acceptors (Lipinski definition) is 7. The number of aryl methyl sites for hydroxylation is 2. The Morgan fingerprint density at radius 2 is 1.97 bits per heavy atom. The number of thioether (sulfide) groups is 1. The highest BCUT2D eigenvalue weighted by Gasteiger charge is 2.47. The van der Waals surface area contributed by atoms with E-state index in [9.17, 15) is 19.2 Å². The second kappa shape index (κ2) is 8.99. The number of carbonyl (C=O) groups excluding carboxylic acids is 3. The van der Waals surface area contributed by atoms with Crippen LogP contribution < -0.4 is 16.3 Å². The van der Waals surface area contributed by atoms with Gasteiger partial charge in [-0.3, -0.25) is 24.4 Å². The van der Waals surface area contributed by atoms with Crippen molar-refractivity contribution in [2.24, 2.45) is 0 Å². The third kappa shape index (κ3) is 4.33. The van der Waals surface area contributed by atoms with Gasteiger partial charge < -0.3 is 5.32 Å². The highest BCUT2D eigenvalue weighted by molar-refractivity contribution is 7.99. The zero-order chi connectivity index (χ0) is 22.9. The molecule has 0 bridgehead atoms. The van der Waals surface area contributed by atoms with Crippen molar-refractivity contribution in [3.63, 3.8) is 0 Å². The average molecular weight is 466 g/mol. The Morgan fingerprint density at radius 3 is 2.58 bits per heavy atom. The molecule has 0 saturated carbocycles. The van der Waals surface area contributed by atoms with E-state index in [-0.39, 0.29) is 11.3 Å². The van der Waals surface area contributed by atoms with Crippen molar-refractivity contribution in [1.29, 1.82) is 0 Å². The molecule has 2 N–H and O–H groups in total. The van der Waals surface area contributed by atoms with E-state index in [1.54, 1.807) is 18.4 Å². The zero-order valence-corrected chi connectivity index (χ0v) is 20.0. The second-order valence-corrected chi connectivity index (χ2v) is 9.89.